The van der Waals surface area contributed by atoms with Gasteiger partial charge in [-0.15, -0.1) is 0 Å². The van der Waals surface area contributed by atoms with Gasteiger partial charge in [0.05, 0.1) is 7.11 Å². The van der Waals surface area contributed by atoms with Crippen molar-refractivity contribution in [2.75, 3.05) is 7.11 Å². The van der Waals surface area contributed by atoms with Gasteiger partial charge in [0.2, 0.25) is 5.88 Å². The standard InChI is InChI=1S/C8H9ClF2N2O/c1-14-8-5(3-12)4(7(10)11)2-6(9)13-8/h2,7H,3,12H2,1H3. The fourth-order valence-electron chi connectivity index (χ4n) is 1.10. The third-order valence-electron chi connectivity index (χ3n) is 1.72. The maximum atomic E-state index is 12.5. The molecule has 0 atom stereocenters. The number of hydrogen-bond donors (Lipinski definition) is 1. The topological polar surface area (TPSA) is 48.1 Å². The van der Waals surface area contributed by atoms with Gasteiger partial charge in [0.25, 0.3) is 6.43 Å². The molecule has 1 rings (SSSR count). The number of aromatic nitrogens is 1. The van der Waals surface area contributed by atoms with Crippen LogP contribution in [0, 0.1) is 0 Å². The molecule has 0 spiro atoms. The van der Waals surface area contributed by atoms with Gasteiger partial charge in [-0.05, 0) is 6.07 Å². The molecule has 0 aromatic carbocycles. The predicted octanol–water partition coefficient (Wildman–Crippen LogP) is 2.14. The number of alkyl halides is 2. The molecule has 0 aliphatic carbocycles. The molecule has 1 aromatic heterocycles. The summed E-state index contributed by atoms with van der Waals surface area (Å²) in [5, 5.41) is -0.0330. The smallest absolute Gasteiger partial charge is 0.264 e. The van der Waals surface area contributed by atoms with Crippen LogP contribution >= 0.6 is 11.6 Å². The van der Waals surface area contributed by atoms with E-state index < -0.39 is 6.43 Å². The lowest BCUT2D eigenvalue weighted by molar-refractivity contribution is 0.149. The van der Waals surface area contributed by atoms with Crippen LogP contribution in [0.2, 0.25) is 5.15 Å². The van der Waals surface area contributed by atoms with Crippen molar-refractivity contribution in [2.45, 2.75) is 13.0 Å². The molecule has 0 radical (unpaired) electrons. The molecule has 78 valence electrons. The monoisotopic (exact) mass is 222 g/mol. The van der Waals surface area contributed by atoms with Crippen molar-refractivity contribution in [1.82, 2.24) is 4.98 Å². The van der Waals surface area contributed by atoms with Crippen LogP contribution in [0.25, 0.3) is 0 Å². The summed E-state index contributed by atoms with van der Waals surface area (Å²) in [7, 11) is 1.33. The molecule has 3 nitrogen and oxygen atoms in total. The number of halogens is 3. The van der Waals surface area contributed by atoms with Gasteiger partial charge in [-0.25, -0.2) is 13.8 Å². The van der Waals surface area contributed by atoms with Crippen molar-refractivity contribution in [3.8, 4) is 5.88 Å². The van der Waals surface area contributed by atoms with Crippen LogP contribution in [0.1, 0.15) is 17.6 Å². The summed E-state index contributed by atoms with van der Waals surface area (Å²) in [6.07, 6.45) is -2.64. The van der Waals surface area contributed by atoms with Gasteiger partial charge in [0.15, 0.2) is 0 Å². The highest BCUT2D eigenvalue weighted by Crippen LogP contribution is 2.30. The van der Waals surface area contributed by atoms with Crippen molar-refractivity contribution in [3.05, 3.63) is 22.3 Å². The van der Waals surface area contributed by atoms with E-state index in [2.05, 4.69) is 4.98 Å². The van der Waals surface area contributed by atoms with Crippen LogP contribution in [-0.4, -0.2) is 12.1 Å². The number of nitrogens with zero attached hydrogens (tertiary/aromatic N) is 1. The van der Waals surface area contributed by atoms with Crippen molar-refractivity contribution < 1.29 is 13.5 Å². The highest BCUT2D eigenvalue weighted by atomic mass is 35.5. The summed E-state index contributed by atoms with van der Waals surface area (Å²) in [5.74, 6) is 0.0512. The van der Waals surface area contributed by atoms with E-state index in [0.717, 1.165) is 6.07 Å². The Morgan fingerprint density at radius 1 is 1.64 bits per heavy atom. The van der Waals surface area contributed by atoms with E-state index in [1.807, 2.05) is 0 Å². The first-order valence-electron chi connectivity index (χ1n) is 3.81. The van der Waals surface area contributed by atoms with Gasteiger partial charge in [0.1, 0.15) is 5.15 Å². The minimum Gasteiger partial charge on any atom is -0.481 e. The molecule has 6 heteroatoms. The molecule has 1 heterocycles. The van der Waals surface area contributed by atoms with Gasteiger partial charge in [0, 0.05) is 17.7 Å². The number of nitrogens with two attached hydrogens (primary N) is 1. The zero-order valence-electron chi connectivity index (χ0n) is 7.43. The lowest BCUT2D eigenvalue weighted by Gasteiger charge is -2.11. The third-order valence-corrected chi connectivity index (χ3v) is 1.92. The van der Waals surface area contributed by atoms with Gasteiger partial charge < -0.3 is 10.5 Å². The Bertz CT molecular complexity index is 333. The zero-order chi connectivity index (χ0) is 10.7. The largest absolute Gasteiger partial charge is 0.481 e. The average Bonchev–Trinajstić information content (AvgIpc) is 2.16. The van der Waals surface area contributed by atoms with Crippen LogP contribution in [-0.2, 0) is 6.54 Å². The van der Waals surface area contributed by atoms with Gasteiger partial charge in [-0.1, -0.05) is 11.6 Å². The van der Waals surface area contributed by atoms with Crippen molar-refractivity contribution in [2.24, 2.45) is 5.73 Å². The highest BCUT2D eigenvalue weighted by Gasteiger charge is 2.18. The number of pyridine rings is 1. The molecule has 0 amide bonds. The average molecular weight is 223 g/mol. The summed E-state index contributed by atoms with van der Waals surface area (Å²) in [5.41, 5.74) is 5.27. The summed E-state index contributed by atoms with van der Waals surface area (Å²) >= 11 is 5.54. The molecule has 0 aliphatic rings. The molecule has 1 aromatic rings. The predicted molar refractivity (Wildman–Crippen MR) is 48.6 cm³/mol. The Labute approximate surface area is 84.8 Å². The summed E-state index contributed by atoms with van der Waals surface area (Å²) in [6.45, 7) is -0.0625. The molecule has 0 unspecified atom stereocenters. The van der Waals surface area contributed by atoms with E-state index in [0.29, 0.717) is 0 Å². The zero-order valence-corrected chi connectivity index (χ0v) is 8.18. The van der Waals surface area contributed by atoms with E-state index in [4.69, 9.17) is 22.1 Å². The van der Waals surface area contributed by atoms with Gasteiger partial charge in [-0.3, -0.25) is 0 Å². The van der Waals surface area contributed by atoms with E-state index in [-0.39, 0.29) is 28.7 Å². The van der Waals surface area contributed by atoms with Crippen LogP contribution in [0.3, 0.4) is 0 Å². The SMILES string of the molecule is COc1nc(Cl)cc(C(F)F)c1CN. The number of ether oxygens (including phenoxy) is 1. The molecule has 0 aliphatic heterocycles. The fourth-order valence-corrected chi connectivity index (χ4v) is 1.30. The van der Waals surface area contributed by atoms with E-state index >= 15 is 0 Å². The molecule has 14 heavy (non-hydrogen) atoms. The third kappa shape index (κ3) is 2.10. The van der Waals surface area contributed by atoms with Crippen molar-refractivity contribution >= 4 is 11.6 Å². The normalized spacial score (nSPS) is 10.7. The van der Waals surface area contributed by atoms with Crippen LogP contribution in [0.15, 0.2) is 6.07 Å². The second-order valence-electron chi connectivity index (χ2n) is 2.53. The molecule has 0 fully saturated rings. The van der Waals surface area contributed by atoms with Crippen LogP contribution < -0.4 is 10.5 Å². The maximum Gasteiger partial charge on any atom is 0.264 e. The first kappa shape index (κ1) is 11.1. The summed E-state index contributed by atoms with van der Waals surface area (Å²) in [4.78, 5) is 3.74. The number of rotatable bonds is 3. The Morgan fingerprint density at radius 3 is 2.71 bits per heavy atom. The van der Waals surface area contributed by atoms with E-state index in [1.54, 1.807) is 0 Å². The molecular formula is C8H9ClF2N2O. The lowest BCUT2D eigenvalue weighted by Crippen LogP contribution is -2.06. The second-order valence-corrected chi connectivity index (χ2v) is 2.91. The van der Waals surface area contributed by atoms with Crippen molar-refractivity contribution in [1.29, 1.82) is 0 Å². The maximum absolute atomic E-state index is 12.5. The lowest BCUT2D eigenvalue weighted by atomic mass is 10.1. The first-order chi connectivity index (χ1) is 6.60. The summed E-state index contributed by atoms with van der Waals surface area (Å²) in [6, 6.07) is 1.09. The van der Waals surface area contributed by atoms with E-state index in [1.165, 1.54) is 7.11 Å². The van der Waals surface area contributed by atoms with Crippen LogP contribution in [0.5, 0.6) is 5.88 Å². The van der Waals surface area contributed by atoms with Gasteiger partial charge in [-0.2, -0.15) is 0 Å². The van der Waals surface area contributed by atoms with Gasteiger partial charge >= 0.3 is 0 Å². The molecule has 0 bridgehead atoms. The minimum absolute atomic E-state index is 0.0330. The molecule has 2 N–H and O–H groups in total. The molecular weight excluding hydrogens is 214 g/mol. The Balaban J connectivity index is 3.31. The molecule has 0 saturated heterocycles. The summed E-state index contributed by atoms with van der Waals surface area (Å²) < 4.78 is 29.8. The minimum atomic E-state index is -2.64. The quantitative estimate of drug-likeness (QED) is 0.798. The number of hydrogen-bond acceptors (Lipinski definition) is 3. The van der Waals surface area contributed by atoms with Crippen LogP contribution in [0.4, 0.5) is 8.78 Å². The Kier molecular flexibility index (Phi) is 3.60. The first-order valence-corrected chi connectivity index (χ1v) is 4.19. The highest BCUT2D eigenvalue weighted by molar-refractivity contribution is 6.29. The molecule has 0 saturated carbocycles. The van der Waals surface area contributed by atoms with Crippen molar-refractivity contribution in [3.63, 3.8) is 0 Å². The second kappa shape index (κ2) is 4.52. The Hall–Kier alpha value is -0.940. The fraction of sp³-hybridized carbons (Fsp3) is 0.375. The van der Waals surface area contributed by atoms with E-state index in [9.17, 15) is 8.78 Å². The Morgan fingerprint density at radius 2 is 2.29 bits per heavy atom. The number of methoxy groups -OCH3 is 1.